The predicted octanol–water partition coefficient (Wildman–Crippen LogP) is 1.83. The van der Waals surface area contributed by atoms with Crippen LogP contribution in [0.5, 0.6) is 0 Å². The zero-order chi connectivity index (χ0) is 13.4. The average Bonchev–Trinajstić information content (AvgIpc) is 2.12. The maximum Gasteiger partial charge on any atom is 2.00 e. The largest absolute Gasteiger partial charge is 2.00 e. The SMILES string of the molecule is CC(=[OH+])[CH-]C(C)=NCC(C)N=C(C)[CH-]C(C)=[OH+].[Ni+2]. The van der Waals surface area contributed by atoms with Crippen LogP contribution in [-0.4, -0.2) is 45.2 Å². The molecule has 0 aromatic heterocycles. The van der Waals surface area contributed by atoms with Gasteiger partial charge in [-0.3, -0.25) is 0 Å². The molecule has 18 heavy (non-hydrogen) atoms. The third-order valence-corrected chi connectivity index (χ3v) is 1.86. The third-order valence-electron chi connectivity index (χ3n) is 1.86. The predicted molar refractivity (Wildman–Crippen MR) is 74.4 cm³/mol. The molecule has 0 rings (SSSR count). The van der Waals surface area contributed by atoms with Gasteiger partial charge in [0, 0.05) is 13.8 Å². The van der Waals surface area contributed by atoms with Crippen LogP contribution in [0.15, 0.2) is 9.98 Å². The molecular weight excluding hydrogens is 275 g/mol. The minimum Gasteiger partial charge on any atom is -0.323 e. The number of rotatable bonds is 7. The summed E-state index contributed by atoms with van der Waals surface area (Å²) in [6.45, 7) is 9.41. The number of hydrogen-bond donors (Lipinski definition) is 0. The molecule has 4 nitrogen and oxygen atoms in total. The van der Waals surface area contributed by atoms with Crippen molar-refractivity contribution < 1.29 is 26.1 Å². The smallest absolute Gasteiger partial charge is 0.323 e. The molecule has 1 unspecified atom stereocenters. The molecule has 0 bridgehead atoms. The van der Waals surface area contributed by atoms with Crippen molar-refractivity contribution in [2.45, 2.75) is 40.7 Å². The number of ketones is 2. The van der Waals surface area contributed by atoms with Gasteiger partial charge in [0.25, 0.3) is 0 Å². The second-order valence-electron chi connectivity index (χ2n) is 4.17. The quantitative estimate of drug-likeness (QED) is 0.298. The molecule has 1 atom stereocenters. The molecule has 0 aliphatic heterocycles. The average molecular weight is 297 g/mol. The second-order valence-corrected chi connectivity index (χ2v) is 4.17. The Balaban J connectivity index is 0. The Morgan fingerprint density at radius 2 is 1.44 bits per heavy atom. The summed E-state index contributed by atoms with van der Waals surface area (Å²) in [6.07, 6.45) is 3.23. The first-order valence-corrected chi connectivity index (χ1v) is 5.61. The van der Waals surface area contributed by atoms with Crippen molar-refractivity contribution in [3.63, 3.8) is 0 Å². The van der Waals surface area contributed by atoms with Gasteiger partial charge in [-0.15, -0.1) is 11.4 Å². The van der Waals surface area contributed by atoms with E-state index in [2.05, 4.69) is 9.98 Å². The van der Waals surface area contributed by atoms with E-state index in [9.17, 15) is 0 Å². The van der Waals surface area contributed by atoms with E-state index < -0.39 is 0 Å². The summed E-state index contributed by atoms with van der Waals surface area (Å²) in [7, 11) is 0. The number of carbonyl (C=O) groups excluding carboxylic acids is 2. The van der Waals surface area contributed by atoms with E-state index in [0.717, 1.165) is 11.4 Å². The van der Waals surface area contributed by atoms with Crippen LogP contribution in [0.25, 0.3) is 0 Å². The van der Waals surface area contributed by atoms with Gasteiger partial charge in [0.2, 0.25) is 0 Å². The van der Waals surface area contributed by atoms with Crippen molar-refractivity contribution in [2.75, 3.05) is 6.54 Å². The summed E-state index contributed by atoms with van der Waals surface area (Å²) in [5.74, 6) is 0.495. The van der Waals surface area contributed by atoms with Crippen molar-refractivity contribution in [3.8, 4) is 0 Å². The van der Waals surface area contributed by atoms with Gasteiger partial charge in [0.1, 0.15) is 0 Å². The Bertz CT molecular complexity index is 349. The molecule has 0 aromatic carbocycles. The fourth-order valence-electron chi connectivity index (χ4n) is 1.35. The first-order chi connectivity index (χ1) is 7.81. The molecule has 0 fully saturated rings. The summed E-state index contributed by atoms with van der Waals surface area (Å²) in [5, 5.41) is 0. The van der Waals surface area contributed by atoms with E-state index in [1.54, 1.807) is 26.7 Å². The van der Waals surface area contributed by atoms with Crippen molar-refractivity contribution in [1.82, 2.24) is 0 Å². The summed E-state index contributed by atoms with van der Waals surface area (Å²) in [4.78, 5) is 26.8. The standard InChI is InChI=1S/C13H20N2O2.Ni/c1-9(6-12(4)16)14-8-11(3)15-10(2)7-13(5)17;/h6-7,11H,8H2,1-5H3;/q-2;+2/p+2. The number of hydrogen-bond acceptors (Lipinski definition) is 2. The van der Waals surface area contributed by atoms with Crippen LogP contribution >= 0.6 is 0 Å². The van der Waals surface area contributed by atoms with Gasteiger partial charge in [0.15, 0.2) is 11.6 Å². The molecule has 0 aliphatic rings. The minimum atomic E-state index is 0. The first-order valence-electron chi connectivity index (χ1n) is 5.61. The minimum absolute atomic E-state index is 0. The molecule has 0 amide bonds. The van der Waals surface area contributed by atoms with Gasteiger partial charge >= 0.3 is 16.5 Å². The van der Waals surface area contributed by atoms with Crippen LogP contribution in [0, 0.1) is 12.8 Å². The van der Waals surface area contributed by atoms with E-state index in [0.29, 0.717) is 6.54 Å². The fraction of sp³-hybridized carbons (Fsp3) is 0.538. The number of nitrogens with zero attached hydrogens (tertiary/aromatic N) is 2. The van der Waals surface area contributed by atoms with Crippen LogP contribution < -0.4 is 0 Å². The monoisotopic (exact) mass is 296 g/mol. The van der Waals surface area contributed by atoms with Gasteiger partial charge in [-0.05, 0) is 6.92 Å². The summed E-state index contributed by atoms with van der Waals surface area (Å²) in [6, 6.07) is 0.0490. The zero-order valence-corrected chi connectivity index (χ0v) is 12.5. The van der Waals surface area contributed by atoms with Crippen molar-refractivity contribution in [3.05, 3.63) is 12.8 Å². The van der Waals surface area contributed by atoms with Crippen LogP contribution in [-0.2, 0) is 16.5 Å². The van der Waals surface area contributed by atoms with Crippen LogP contribution in [0.2, 0.25) is 0 Å². The van der Waals surface area contributed by atoms with E-state index >= 15 is 0 Å². The molecule has 0 saturated carbocycles. The van der Waals surface area contributed by atoms with E-state index in [1.807, 2.05) is 20.8 Å². The molecule has 0 radical (unpaired) electrons. The van der Waals surface area contributed by atoms with Gasteiger partial charge < -0.3 is 19.6 Å². The first kappa shape index (κ1) is 19.3. The molecule has 0 saturated heterocycles. The van der Waals surface area contributed by atoms with E-state index in [1.165, 1.54) is 0 Å². The Morgan fingerprint density at radius 1 is 1.00 bits per heavy atom. The molecule has 104 valence electrons. The third kappa shape index (κ3) is 11.4. The van der Waals surface area contributed by atoms with Crippen molar-refractivity contribution in [2.24, 2.45) is 9.98 Å². The molecule has 0 spiro atoms. The van der Waals surface area contributed by atoms with E-state index in [4.69, 9.17) is 9.59 Å². The van der Waals surface area contributed by atoms with Crippen LogP contribution in [0.3, 0.4) is 0 Å². The molecule has 0 aliphatic carbocycles. The fourth-order valence-corrected chi connectivity index (χ4v) is 1.35. The maximum atomic E-state index is 9.07. The van der Waals surface area contributed by atoms with Gasteiger partial charge in [0.05, 0.1) is 12.6 Å². The normalized spacial score (nSPS) is 13.4. The Morgan fingerprint density at radius 3 is 1.89 bits per heavy atom. The maximum absolute atomic E-state index is 9.07. The van der Waals surface area contributed by atoms with Crippen molar-refractivity contribution in [1.29, 1.82) is 0 Å². The van der Waals surface area contributed by atoms with Gasteiger partial charge in [-0.2, -0.15) is 0 Å². The van der Waals surface area contributed by atoms with Crippen LogP contribution in [0.4, 0.5) is 0 Å². The van der Waals surface area contributed by atoms with Crippen LogP contribution in [0.1, 0.15) is 34.6 Å². The molecule has 2 N–H and O–H groups in total. The number of aliphatic imine (C=N–C) groups is 2. The molecular formula is C13H22N2NiO2+2. The molecule has 0 heterocycles. The summed E-state index contributed by atoms with van der Waals surface area (Å²) < 4.78 is 0. The van der Waals surface area contributed by atoms with Crippen molar-refractivity contribution >= 4 is 23.0 Å². The Labute approximate surface area is 119 Å². The summed E-state index contributed by atoms with van der Waals surface area (Å²) in [5.41, 5.74) is 1.55. The molecule has 0 aromatic rings. The van der Waals surface area contributed by atoms with Gasteiger partial charge in [-0.25, -0.2) is 12.8 Å². The molecule has 5 heteroatoms. The van der Waals surface area contributed by atoms with E-state index in [-0.39, 0.29) is 34.1 Å². The second kappa shape index (κ2) is 9.89. The van der Waals surface area contributed by atoms with Gasteiger partial charge in [-0.1, -0.05) is 13.8 Å². The Kier molecular flexibility index (Phi) is 10.6. The Hall–Kier alpha value is -1.09. The summed E-state index contributed by atoms with van der Waals surface area (Å²) >= 11 is 0. The zero-order valence-electron chi connectivity index (χ0n) is 11.5. The topological polar surface area (TPSA) is 67.5 Å².